The monoisotopic (exact) mass is 387 g/mol. The zero-order valence-electron chi connectivity index (χ0n) is 15.7. The molecular weight excluding hydrogens is 362 g/mol. The number of hydrogen-bond acceptors (Lipinski definition) is 6. The summed E-state index contributed by atoms with van der Waals surface area (Å²) in [5.74, 6) is 0.897. The lowest BCUT2D eigenvalue weighted by Crippen LogP contribution is -2.36. The van der Waals surface area contributed by atoms with E-state index < -0.39 is 0 Å². The highest BCUT2D eigenvalue weighted by molar-refractivity contribution is 8.00. The Hall–Kier alpha value is -2.06. The molecule has 2 fully saturated rings. The maximum absolute atomic E-state index is 12.6. The number of rotatable bonds is 6. The van der Waals surface area contributed by atoms with Crippen molar-refractivity contribution in [3.05, 3.63) is 30.1 Å². The van der Waals surface area contributed by atoms with Gasteiger partial charge in [-0.05, 0) is 51.0 Å². The molecule has 8 heteroatoms. The van der Waals surface area contributed by atoms with Crippen LogP contribution in [0, 0.1) is 6.92 Å². The van der Waals surface area contributed by atoms with Gasteiger partial charge in [0.05, 0.1) is 18.5 Å². The predicted molar refractivity (Wildman–Crippen MR) is 106 cm³/mol. The van der Waals surface area contributed by atoms with Gasteiger partial charge in [-0.25, -0.2) is 0 Å². The molecule has 1 saturated carbocycles. The minimum atomic E-state index is -0.245. The van der Waals surface area contributed by atoms with E-state index in [1.54, 1.807) is 0 Å². The topological polar surface area (TPSA) is 72.3 Å². The van der Waals surface area contributed by atoms with Gasteiger partial charge in [-0.3, -0.25) is 4.79 Å². The summed E-state index contributed by atoms with van der Waals surface area (Å²) in [7, 11) is 0. The lowest BCUT2D eigenvalue weighted by Gasteiger charge is -2.28. The second-order valence-corrected chi connectivity index (χ2v) is 8.33. The summed E-state index contributed by atoms with van der Waals surface area (Å²) in [4.78, 5) is 14.9. The van der Waals surface area contributed by atoms with Crippen molar-refractivity contribution in [3.63, 3.8) is 0 Å². The van der Waals surface area contributed by atoms with E-state index in [1.165, 1.54) is 24.6 Å². The van der Waals surface area contributed by atoms with Crippen molar-refractivity contribution in [1.82, 2.24) is 14.8 Å². The fourth-order valence-electron chi connectivity index (χ4n) is 3.22. The van der Waals surface area contributed by atoms with Gasteiger partial charge in [-0.1, -0.05) is 11.8 Å². The molecule has 1 atom stereocenters. The SMILES string of the molecule is Cc1nnc(S[C@H](C)C(=O)Nc2ccc(N3CCOCC3)cc2)n1C1CC1. The van der Waals surface area contributed by atoms with E-state index in [9.17, 15) is 4.79 Å². The van der Waals surface area contributed by atoms with Gasteiger partial charge >= 0.3 is 0 Å². The lowest BCUT2D eigenvalue weighted by atomic mass is 10.2. The first-order chi connectivity index (χ1) is 13.1. The van der Waals surface area contributed by atoms with Gasteiger partial charge in [-0.15, -0.1) is 10.2 Å². The summed E-state index contributed by atoms with van der Waals surface area (Å²) in [6.07, 6.45) is 2.34. The van der Waals surface area contributed by atoms with Gasteiger partial charge in [-0.2, -0.15) is 0 Å². The molecule has 0 unspecified atom stereocenters. The van der Waals surface area contributed by atoms with E-state index in [0.717, 1.165) is 48.7 Å². The minimum Gasteiger partial charge on any atom is -0.378 e. The van der Waals surface area contributed by atoms with Gasteiger partial charge in [0.2, 0.25) is 5.91 Å². The zero-order valence-corrected chi connectivity index (χ0v) is 16.5. The Bertz CT molecular complexity index is 797. The molecule has 0 spiro atoms. The first-order valence-electron chi connectivity index (χ1n) is 9.43. The standard InChI is InChI=1S/C19H25N5O2S/c1-13(27-19-22-21-14(2)24(19)17-7-8-17)18(25)20-15-3-5-16(6-4-15)23-9-11-26-12-10-23/h3-6,13,17H,7-12H2,1-2H3,(H,20,25)/t13-/m1/s1. The second kappa shape index (κ2) is 7.90. The minimum absolute atomic E-state index is 0.0258. The first kappa shape index (κ1) is 18.3. The van der Waals surface area contributed by atoms with Gasteiger partial charge < -0.3 is 19.5 Å². The zero-order chi connectivity index (χ0) is 18.8. The molecular formula is C19H25N5O2S. The molecule has 144 valence electrons. The molecule has 1 aliphatic carbocycles. The van der Waals surface area contributed by atoms with Crippen LogP contribution in [0.1, 0.15) is 31.6 Å². The van der Waals surface area contributed by atoms with Crippen molar-refractivity contribution in [2.24, 2.45) is 0 Å². The number of nitrogens with one attached hydrogen (secondary N) is 1. The van der Waals surface area contributed by atoms with Gasteiger partial charge in [0.1, 0.15) is 5.82 Å². The van der Waals surface area contributed by atoms with Gasteiger partial charge in [0.15, 0.2) is 5.16 Å². The normalized spacial score (nSPS) is 18.4. The molecule has 1 N–H and O–H groups in total. The van der Waals surface area contributed by atoms with Crippen molar-refractivity contribution in [2.75, 3.05) is 36.5 Å². The fraction of sp³-hybridized carbons (Fsp3) is 0.526. The quantitative estimate of drug-likeness (QED) is 0.769. The predicted octanol–water partition coefficient (Wildman–Crippen LogP) is 2.88. The van der Waals surface area contributed by atoms with E-state index >= 15 is 0 Å². The molecule has 7 nitrogen and oxygen atoms in total. The van der Waals surface area contributed by atoms with Crippen LogP contribution in [-0.2, 0) is 9.53 Å². The summed E-state index contributed by atoms with van der Waals surface area (Å²) in [5, 5.41) is 12.0. The number of nitrogens with zero attached hydrogens (tertiary/aromatic N) is 4. The van der Waals surface area contributed by atoms with E-state index in [-0.39, 0.29) is 11.2 Å². The number of aromatic nitrogens is 3. The van der Waals surface area contributed by atoms with E-state index in [1.807, 2.05) is 38.1 Å². The van der Waals surface area contributed by atoms with Crippen LogP contribution < -0.4 is 10.2 Å². The Morgan fingerprint density at radius 3 is 2.59 bits per heavy atom. The highest BCUT2D eigenvalue weighted by atomic mass is 32.2. The maximum Gasteiger partial charge on any atom is 0.237 e. The fourth-order valence-corrected chi connectivity index (χ4v) is 4.18. The van der Waals surface area contributed by atoms with E-state index in [4.69, 9.17) is 4.74 Å². The molecule has 27 heavy (non-hydrogen) atoms. The maximum atomic E-state index is 12.6. The Morgan fingerprint density at radius 1 is 1.22 bits per heavy atom. The number of ether oxygens (including phenoxy) is 1. The number of thioether (sulfide) groups is 1. The number of aryl methyl sites for hydroxylation is 1. The summed E-state index contributed by atoms with van der Waals surface area (Å²) in [6.45, 7) is 7.21. The van der Waals surface area contributed by atoms with Gasteiger partial charge in [0, 0.05) is 30.5 Å². The third-order valence-corrected chi connectivity index (χ3v) is 5.97. The van der Waals surface area contributed by atoms with E-state index in [2.05, 4.69) is 25.0 Å². The molecule has 2 aromatic rings. The highest BCUT2D eigenvalue weighted by Crippen LogP contribution is 2.39. The summed E-state index contributed by atoms with van der Waals surface area (Å²) in [5.41, 5.74) is 1.97. The average molecular weight is 388 g/mol. The first-order valence-corrected chi connectivity index (χ1v) is 10.3. The Balaban J connectivity index is 1.35. The van der Waals surface area contributed by atoms with Crippen molar-refractivity contribution >= 4 is 29.0 Å². The second-order valence-electron chi connectivity index (χ2n) is 7.03. The number of carbonyl (C=O) groups excluding carboxylic acids is 1. The Morgan fingerprint density at radius 2 is 1.93 bits per heavy atom. The number of carbonyl (C=O) groups is 1. The molecule has 0 bridgehead atoms. The van der Waals surface area contributed by atoms with E-state index in [0.29, 0.717) is 6.04 Å². The number of morpholine rings is 1. The highest BCUT2D eigenvalue weighted by Gasteiger charge is 2.29. The van der Waals surface area contributed by atoms with Crippen LogP contribution in [0.3, 0.4) is 0 Å². The van der Waals surface area contributed by atoms with Crippen LogP contribution in [0.5, 0.6) is 0 Å². The summed E-state index contributed by atoms with van der Waals surface area (Å²) < 4.78 is 7.55. The summed E-state index contributed by atoms with van der Waals surface area (Å²) in [6, 6.07) is 8.51. The lowest BCUT2D eigenvalue weighted by molar-refractivity contribution is -0.115. The number of benzene rings is 1. The van der Waals surface area contributed by atoms with Crippen LogP contribution in [-0.4, -0.2) is 52.2 Å². The number of hydrogen-bond donors (Lipinski definition) is 1. The van der Waals surface area contributed by atoms with Crippen molar-refractivity contribution in [3.8, 4) is 0 Å². The number of amides is 1. The average Bonchev–Trinajstić information content (AvgIpc) is 3.46. The van der Waals surface area contributed by atoms with Gasteiger partial charge in [0.25, 0.3) is 0 Å². The molecule has 1 aromatic heterocycles. The van der Waals surface area contributed by atoms with Crippen molar-refractivity contribution in [1.29, 1.82) is 0 Å². The molecule has 1 saturated heterocycles. The van der Waals surface area contributed by atoms with Crippen molar-refractivity contribution in [2.45, 2.75) is 43.1 Å². The molecule has 1 aromatic carbocycles. The van der Waals surface area contributed by atoms with Crippen LogP contribution in [0.15, 0.2) is 29.4 Å². The summed E-state index contributed by atoms with van der Waals surface area (Å²) >= 11 is 1.47. The molecule has 2 heterocycles. The smallest absolute Gasteiger partial charge is 0.237 e. The third-order valence-electron chi connectivity index (χ3n) is 4.91. The van der Waals surface area contributed by atoms with Crippen LogP contribution in [0.2, 0.25) is 0 Å². The van der Waals surface area contributed by atoms with Crippen LogP contribution >= 0.6 is 11.8 Å². The molecule has 1 amide bonds. The third kappa shape index (κ3) is 4.27. The van der Waals surface area contributed by atoms with Crippen molar-refractivity contribution < 1.29 is 9.53 Å². The van der Waals surface area contributed by atoms with Crippen LogP contribution in [0.4, 0.5) is 11.4 Å². The van der Waals surface area contributed by atoms with Crippen LogP contribution in [0.25, 0.3) is 0 Å². The number of anilines is 2. The largest absolute Gasteiger partial charge is 0.378 e. The molecule has 1 aliphatic heterocycles. The molecule has 0 radical (unpaired) electrons. The molecule has 2 aliphatic rings. The Labute approximate surface area is 163 Å². The Kier molecular flexibility index (Phi) is 5.36. The molecule has 4 rings (SSSR count).